The van der Waals surface area contributed by atoms with Gasteiger partial charge < -0.3 is 20.1 Å². The first-order valence-corrected chi connectivity index (χ1v) is 11.9. The van der Waals surface area contributed by atoms with Crippen molar-refractivity contribution in [3.63, 3.8) is 0 Å². The zero-order chi connectivity index (χ0) is 25.9. The summed E-state index contributed by atoms with van der Waals surface area (Å²) in [5.74, 6) is -1.13. The molecule has 2 aromatic rings. The van der Waals surface area contributed by atoms with Crippen LogP contribution in [0.3, 0.4) is 0 Å². The molecule has 3 aliphatic rings. The minimum absolute atomic E-state index is 0.0304. The first-order valence-electron chi connectivity index (χ1n) is 11.9. The molecule has 2 saturated carbocycles. The van der Waals surface area contributed by atoms with Crippen molar-refractivity contribution in [3.8, 4) is 0 Å². The molecule has 11 heteroatoms. The Morgan fingerprint density at radius 2 is 1.75 bits per heavy atom. The van der Waals surface area contributed by atoms with Crippen LogP contribution in [0.25, 0.3) is 0 Å². The number of nitrogens with one attached hydrogen (secondary N) is 2. The molecule has 1 amide bonds. The summed E-state index contributed by atoms with van der Waals surface area (Å²) in [5.41, 5.74) is -3.00. The fourth-order valence-corrected chi connectivity index (χ4v) is 5.43. The van der Waals surface area contributed by atoms with Crippen LogP contribution in [0.2, 0.25) is 0 Å². The van der Waals surface area contributed by atoms with Crippen molar-refractivity contribution in [2.75, 3.05) is 25.5 Å². The Balaban J connectivity index is 1.46. The molecule has 0 bridgehead atoms. The van der Waals surface area contributed by atoms with E-state index in [9.17, 15) is 31.5 Å². The maximum Gasteiger partial charge on any atom is 0.266 e. The second-order valence-corrected chi connectivity index (χ2v) is 10.2. The Kier molecular flexibility index (Phi) is 6.09. The van der Waals surface area contributed by atoms with E-state index in [2.05, 4.69) is 15.5 Å². The van der Waals surface area contributed by atoms with Crippen molar-refractivity contribution >= 4 is 11.6 Å². The number of alkyl halides is 4. The first-order chi connectivity index (χ1) is 17.0. The molecule has 2 aliphatic carbocycles. The number of carbonyl (C=O) groups excluding carboxylic acids is 1. The van der Waals surface area contributed by atoms with E-state index in [1.165, 1.54) is 19.1 Å². The van der Waals surface area contributed by atoms with Crippen LogP contribution in [-0.2, 0) is 5.54 Å². The highest BCUT2D eigenvalue weighted by Gasteiger charge is 2.56. The van der Waals surface area contributed by atoms with Crippen LogP contribution < -0.4 is 16.2 Å². The molecule has 1 aromatic carbocycles. The molecular formula is C25H27F5N4O2. The van der Waals surface area contributed by atoms with Gasteiger partial charge >= 0.3 is 0 Å². The number of aromatic nitrogens is 1. The molecule has 2 heterocycles. The van der Waals surface area contributed by atoms with Gasteiger partial charge in [0.05, 0.1) is 22.9 Å². The van der Waals surface area contributed by atoms with Crippen LogP contribution in [0.4, 0.5) is 27.6 Å². The molecule has 1 aliphatic heterocycles. The normalized spacial score (nSPS) is 25.1. The zero-order valence-electron chi connectivity index (χ0n) is 19.8. The lowest BCUT2D eigenvalue weighted by molar-refractivity contribution is 0.0648. The SMILES string of the molecule is C[C@@H](NC(=O)c1cn(C2(C(F)F)CC2)c(=O)cc1N[C@H]1[C@@H]2CN(C)C[C@@H]21)c1cccc(C(F)F)c1F. The van der Waals surface area contributed by atoms with Crippen molar-refractivity contribution in [2.24, 2.45) is 11.8 Å². The monoisotopic (exact) mass is 510 g/mol. The van der Waals surface area contributed by atoms with Crippen molar-refractivity contribution < 1.29 is 26.7 Å². The molecule has 36 heavy (non-hydrogen) atoms. The number of hydrogen-bond acceptors (Lipinski definition) is 4. The van der Waals surface area contributed by atoms with Crippen LogP contribution in [0.5, 0.6) is 0 Å². The van der Waals surface area contributed by atoms with E-state index in [4.69, 9.17) is 0 Å². The van der Waals surface area contributed by atoms with Gasteiger partial charge in [0, 0.05) is 37.0 Å². The van der Waals surface area contributed by atoms with Gasteiger partial charge in [-0.2, -0.15) is 0 Å². The van der Waals surface area contributed by atoms with E-state index < -0.39 is 47.3 Å². The fraction of sp³-hybridized carbons (Fsp3) is 0.520. The molecule has 0 spiro atoms. The van der Waals surface area contributed by atoms with E-state index in [-0.39, 0.29) is 35.7 Å². The summed E-state index contributed by atoms with van der Waals surface area (Å²) in [6.45, 7) is 3.18. The summed E-state index contributed by atoms with van der Waals surface area (Å²) < 4.78 is 69.4. The van der Waals surface area contributed by atoms with Crippen molar-refractivity contribution in [2.45, 2.75) is 50.2 Å². The molecule has 5 rings (SSSR count). The van der Waals surface area contributed by atoms with E-state index in [1.54, 1.807) is 0 Å². The van der Waals surface area contributed by atoms with E-state index >= 15 is 0 Å². The predicted octanol–water partition coefficient (Wildman–Crippen LogP) is 4.14. The van der Waals surface area contributed by atoms with E-state index in [0.717, 1.165) is 36.0 Å². The lowest BCUT2D eigenvalue weighted by atomic mass is 10.0. The Morgan fingerprint density at radius 3 is 2.33 bits per heavy atom. The van der Waals surface area contributed by atoms with Crippen LogP contribution >= 0.6 is 0 Å². The standard InChI is InChI=1S/C25H27F5N4O2/c1-12(13-4-3-5-14(20(13)26)22(27)28)31-23(36)17-11-34(25(6-7-25)24(29)30)19(35)8-18(17)32-21-15-9-33(2)10-16(15)21/h3-5,8,11-12,15-16,21-22,24,32H,6-7,9-10H2,1-2H3,(H,31,36)/t12-,15-,16+,21+/m1/s1. The Bertz CT molecular complexity index is 1230. The summed E-state index contributed by atoms with van der Waals surface area (Å²) in [6.07, 6.45) is -4.44. The van der Waals surface area contributed by atoms with Gasteiger partial charge in [0.2, 0.25) is 0 Å². The molecular weight excluding hydrogens is 483 g/mol. The number of pyridine rings is 1. The summed E-state index contributed by atoms with van der Waals surface area (Å²) >= 11 is 0. The predicted molar refractivity (Wildman–Crippen MR) is 123 cm³/mol. The molecule has 4 atom stereocenters. The van der Waals surface area contributed by atoms with E-state index in [0.29, 0.717) is 11.8 Å². The molecule has 1 aromatic heterocycles. The quantitative estimate of drug-likeness (QED) is 0.524. The number of fused-ring (bicyclic) bond motifs is 1. The summed E-state index contributed by atoms with van der Waals surface area (Å²) in [5, 5.41) is 5.83. The van der Waals surface area contributed by atoms with Gasteiger partial charge in [-0.05, 0) is 38.6 Å². The van der Waals surface area contributed by atoms with Crippen molar-refractivity contribution in [3.05, 3.63) is 63.3 Å². The largest absolute Gasteiger partial charge is 0.381 e. The number of piperidine rings is 1. The Morgan fingerprint density at radius 1 is 1.11 bits per heavy atom. The van der Waals surface area contributed by atoms with Crippen LogP contribution in [0.1, 0.15) is 53.7 Å². The summed E-state index contributed by atoms with van der Waals surface area (Å²) in [4.78, 5) is 28.3. The highest BCUT2D eigenvalue weighted by atomic mass is 19.3. The third kappa shape index (κ3) is 4.16. The maximum atomic E-state index is 14.6. The topological polar surface area (TPSA) is 66.4 Å². The van der Waals surface area contributed by atoms with Gasteiger partial charge in [-0.3, -0.25) is 9.59 Å². The number of amides is 1. The van der Waals surface area contributed by atoms with Crippen LogP contribution in [-0.4, -0.2) is 48.0 Å². The lowest BCUT2D eigenvalue weighted by Gasteiger charge is -2.23. The second kappa shape index (κ2) is 8.86. The second-order valence-electron chi connectivity index (χ2n) is 10.2. The molecule has 1 saturated heterocycles. The molecule has 6 nitrogen and oxygen atoms in total. The van der Waals surface area contributed by atoms with Gasteiger partial charge in [-0.1, -0.05) is 18.2 Å². The minimum atomic E-state index is -3.02. The number of anilines is 1. The maximum absolute atomic E-state index is 14.6. The van der Waals surface area contributed by atoms with Gasteiger partial charge in [0.15, 0.2) is 0 Å². The summed E-state index contributed by atoms with van der Waals surface area (Å²) in [6, 6.07) is 3.76. The number of rotatable bonds is 8. The third-order valence-corrected chi connectivity index (χ3v) is 7.75. The summed E-state index contributed by atoms with van der Waals surface area (Å²) in [7, 11) is 2.01. The first kappa shape index (κ1) is 24.7. The molecule has 3 fully saturated rings. The van der Waals surface area contributed by atoms with Crippen LogP contribution in [0, 0.1) is 17.7 Å². The number of hydrogen-bond donors (Lipinski definition) is 2. The number of nitrogens with zero attached hydrogens (tertiary/aromatic N) is 2. The van der Waals surface area contributed by atoms with Crippen molar-refractivity contribution in [1.82, 2.24) is 14.8 Å². The van der Waals surface area contributed by atoms with E-state index in [1.807, 2.05) is 7.05 Å². The molecule has 0 radical (unpaired) electrons. The smallest absolute Gasteiger partial charge is 0.266 e. The van der Waals surface area contributed by atoms with Crippen molar-refractivity contribution in [1.29, 1.82) is 0 Å². The number of likely N-dealkylation sites (tertiary alicyclic amines) is 1. The van der Waals surface area contributed by atoms with Gasteiger partial charge in [-0.25, -0.2) is 22.0 Å². The molecule has 0 unspecified atom stereocenters. The lowest BCUT2D eigenvalue weighted by Crippen LogP contribution is -2.37. The van der Waals surface area contributed by atoms with Gasteiger partial charge in [0.25, 0.3) is 24.3 Å². The Hall–Kier alpha value is -2.95. The number of halogens is 5. The molecule has 2 N–H and O–H groups in total. The number of benzene rings is 1. The van der Waals surface area contributed by atoms with Gasteiger partial charge in [-0.15, -0.1) is 0 Å². The number of carbonyl (C=O) groups is 1. The average Bonchev–Trinajstić information content (AvgIpc) is 3.69. The average molecular weight is 511 g/mol. The zero-order valence-corrected chi connectivity index (χ0v) is 19.8. The van der Waals surface area contributed by atoms with Gasteiger partial charge in [0.1, 0.15) is 11.4 Å². The third-order valence-electron chi connectivity index (χ3n) is 7.75. The highest BCUT2D eigenvalue weighted by Crippen LogP contribution is 2.49. The van der Waals surface area contributed by atoms with Crippen LogP contribution in [0.15, 0.2) is 35.3 Å². The highest BCUT2D eigenvalue weighted by molar-refractivity contribution is 5.99. The Labute approximate surface area is 204 Å². The molecule has 194 valence electrons. The fourth-order valence-electron chi connectivity index (χ4n) is 5.43. The minimum Gasteiger partial charge on any atom is -0.381 e.